The molecule has 3 aromatic rings. The van der Waals surface area contributed by atoms with Gasteiger partial charge in [-0.25, -0.2) is 4.79 Å². The van der Waals surface area contributed by atoms with Gasteiger partial charge in [0, 0.05) is 31.2 Å². The van der Waals surface area contributed by atoms with Gasteiger partial charge in [-0.15, -0.1) is 0 Å². The Hall–Kier alpha value is -4.15. The molecule has 2 fully saturated rings. The van der Waals surface area contributed by atoms with E-state index >= 15 is 0 Å². The third kappa shape index (κ3) is 6.37. The van der Waals surface area contributed by atoms with E-state index in [0.29, 0.717) is 12.5 Å². The number of nitrogens with one attached hydrogen (secondary N) is 1. The van der Waals surface area contributed by atoms with Gasteiger partial charge in [0.15, 0.2) is 0 Å². The zero-order valence-electron chi connectivity index (χ0n) is 26.0. The van der Waals surface area contributed by atoms with Crippen LogP contribution >= 0.6 is 0 Å². The van der Waals surface area contributed by atoms with Crippen LogP contribution in [0.15, 0.2) is 77.8 Å². The number of amides is 2. The zero-order valence-corrected chi connectivity index (χ0v) is 26.0. The summed E-state index contributed by atoms with van der Waals surface area (Å²) < 4.78 is 5.95. The summed E-state index contributed by atoms with van der Waals surface area (Å²) in [7, 11) is 0. The number of urea groups is 1. The highest BCUT2D eigenvalue weighted by Gasteiger charge is 2.52. The van der Waals surface area contributed by atoms with Crippen molar-refractivity contribution < 1.29 is 9.53 Å². The Balaban J connectivity index is 1.29. The van der Waals surface area contributed by atoms with Gasteiger partial charge in [0.2, 0.25) is 0 Å². The van der Waals surface area contributed by atoms with Crippen molar-refractivity contribution in [3.8, 4) is 22.9 Å². The molecule has 0 radical (unpaired) electrons. The Morgan fingerprint density at radius 3 is 2.45 bits per heavy atom. The predicted molar refractivity (Wildman–Crippen MR) is 176 cm³/mol. The Bertz CT molecular complexity index is 1530. The number of ether oxygens (including phenoxy) is 1. The summed E-state index contributed by atoms with van der Waals surface area (Å²) >= 11 is 0. The van der Waals surface area contributed by atoms with Crippen molar-refractivity contribution in [2.24, 2.45) is 4.99 Å². The number of aliphatic imine (C=N–C) groups is 1. The molecule has 1 aliphatic carbocycles. The molecular weight excluding hydrogens is 546 g/mol. The number of rotatable bonds is 8. The van der Waals surface area contributed by atoms with Gasteiger partial charge in [-0.1, -0.05) is 73.9 Å². The minimum atomic E-state index is -0.523. The molecule has 1 saturated carbocycles. The summed E-state index contributed by atoms with van der Waals surface area (Å²) in [5.41, 5.74) is 4.62. The minimum absolute atomic E-state index is 0.138. The molecule has 44 heavy (non-hydrogen) atoms. The van der Waals surface area contributed by atoms with Crippen molar-refractivity contribution in [2.45, 2.75) is 89.4 Å². The standard InChI is InChI=1S/C37H43N5O2/c1-27(2)44-32-12-8-9-29(25-32)26-41-23-20-37(21-24-41)35(39-31-10-4-3-5-11-31)40-36(43)42(37)34-14-7-6-13-33(34)30-17-15-28(16-18-30)19-22-38/h6-9,12-18,25,27,31H,3-5,10-11,19-21,23-24,26H2,1-2H3,(H,39,40,43). The first-order valence-electron chi connectivity index (χ1n) is 16.2. The van der Waals surface area contributed by atoms with Crippen LogP contribution in [0.5, 0.6) is 5.75 Å². The van der Waals surface area contributed by atoms with E-state index in [-0.39, 0.29) is 12.1 Å². The van der Waals surface area contributed by atoms with E-state index in [1.54, 1.807) is 0 Å². The normalized spacial score (nSPS) is 18.8. The van der Waals surface area contributed by atoms with Crippen LogP contribution in [0.1, 0.15) is 69.9 Å². The topological polar surface area (TPSA) is 81.0 Å². The number of amidine groups is 1. The summed E-state index contributed by atoms with van der Waals surface area (Å²) in [6.45, 7) is 6.65. The van der Waals surface area contributed by atoms with Gasteiger partial charge in [-0.05, 0) is 74.4 Å². The highest BCUT2D eigenvalue weighted by atomic mass is 16.5. The number of likely N-dealkylation sites (tertiary alicyclic amines) is 1. The van der Waals surface area contributed by atoms with Crippen LogP contribution in [0.3, 0.4) is 0 Å². The van der Waals surface area contributed by atoms with Crippen LogP contribution in [0, 0.1) is 11.3 Å². The molecule has 0 unspecified atom stereocenters. The lowest BCUT2D eigenvalue weighted by Gasteiger charge is -2.46. The fourth-order valence-electron chi connectivity index (χ4n) is 7.07. The molecule has 1 N–H and O–H groups in total. The highest BCUT2D eigenvalue weighted by molar-refractivity contribution is 6.17. The van der Waals surface area contributed by atoms with Crippen molar-refractivity contribution in [1.82, 2.24) is 10.2 Å². The molecule has 3 aliphatic rings. The maximum absolute atomic E-state index is 14.0. The summed E-state index contributed by atoms with van der Waals surface area (Å²) in [5.74, 6) is 1.75. The third-order valence-electron chi connectivity index (χ3n) is 9.27. The lowest BCUT2D eigenvalue weighted by molar-refractivity contribution is 0.181. The molecule has 1 spiro atoms. The summed E-state index contributed by atoms with van der Waals surface area (Å²) in [5, 5.41) is 12.9. The Morgan fingerprint density at radius 1 is 0.977 bits per heavy atom. The minimum Gasteiger partial charge on any atom is -0.491 e. The molecular formula is C37H43N5O2. The van der Waals surface area contributed by atoms with Crippen molar-refractivity contribution in [3.05, 3.63) is 83.9 Å². The molecule has 2 heterocycles. The third-order valence-corrected chi connectivity index (χ3v) is 9.27. The van der Waals surface area contributed by atoms with Crippen molar-refractivity contribution in [2.75, 3.05) is 18.0 Å². The molecule has 0 atom stereocenters. The van der Waals surface area contributed by atoms with Gasteiger partial charge in [0.25, 0.3) is 0 Å². The SMILES string of the molecule is CC(C)Oc1cccc(CN2CCC3(CC2)C(NC2CCCCC2)=NC(=O)N3c2ccccc2-c2ccc(CC#N)cc2)c1. The number of carbonyl (C=O) groups excluding carboxylic acids is 1. The lowest BCUT2D eigenvalue weighted by atomic mass is 9.83. The van der Waals surface area contributed by atoms with Gasteiger partial charge in [-0.2, -0.15) is 10.3 Å². The van der Waals surface area contributed by atoms with Crippen LogP contribution in [0.25, 0.3) is 11.1 Å². The second-order valence-corrected chi connectivity index (χ2v) is 12.7. The van der Waals surface area contributed by atoms with Gasteiger partial charge in [-0.3, -0.25) is 9.80 Å². The molecule has 7 heteroatoms. The predicted octanol–water partition coefficient (Wildman–Crippen LogP) is 7.50. The molecule has 0 bridgehead atoms. The number of hydrogen-bond donors (Lipinski definition) is 1. The lowest BCUT2D eigenvalue weighted by Crippen LogP contribution is -2.62. The largest absolute Gasteiger partial charge is 0.491 e. The molecule has 7 nitrogen and oxygen atoms in total. The summed E-state index contributed by atoms with van der Waals surface area (Å²) in [4.78, 5) is 23.2. The quantitative estimate of drug-likeness (QED) is 0.294. The number of benzene rings is 3. The smallest absolute Gasteiger partial charge is 0.350 e. The van der Waals surface area contributed by atoms with Gasteiger partial charge < -0.3 is 10.1 Å². The van der Waals surface area contributed by atoms with E-state index in [9.17, 15) is 4.79 Å². The Morgan fingerprint density at radius 2 is 1.73 bits per heavy atom. The summed E-state index contributed by atoms with van der Waals surface area (Å²) in [6.07, 6.45) is 8.07. The maximum atomic E-state index is 14.0. The molecule has 2 amide bonds. The van der Waals surface area contributed by atoms with Crippen molar-refractivity contribution in [3.63, 3.8) is 0 Å². The number of piperidine rings is 1. The maximum Gasteiger partial charge on any atom is 0.350 e. The van der Waals surface area contributed by atoms with E-state index in [1.807, 2.05) is 49.1 Å². The van der Waals surface area contributed by atoms with Crippen molar-refractivity contribution in [1.29, 1.82) is 5.26 Å². The first-order valence-corrected chi connectivity index (χ1v) is 16.2. The molecule has 3 aromatic carbocycles. The molecule has 2 aliphatic heterocycles. The first-order chi connectivity index (χ1) is 21.4. The van der Waals surface area contributed by atoms with Crippen LogP contribution in [-0.2, 0) is 13.0 Å². The second kappa shape index (κ2) is 13.2. The van der Waals surface area contributed by atoms with Gasteiger partial charge in [0.1, 0.15) is 17.1 Å². The number of carbonyl (C=O) groups is 1. The van der Waals surface area contributed by atoms with Crippen LogP contribution < -0.4 is 15.0 Å². The molecule has 6 rings (SSSR count). The van der Waals surface area contributed by atoms with Crippen LogP contribution in [0.4, 0.5) is 10.5 Å². The Kier molecular flexibility index (Phi) is 8.99. The van der Waals surface area contributed by atoms with E-state index in [2.05, 4.69) is 58.8 Å². The fraction of sp³-hybridized carbons (Fsp3) is 0.432. The van der Waals surface area contributed by atoms with E-state index in [0.717, 1.165) is 79.3 Å². The highest BCUT2D eigenvalue weighted by Crippen LogP contribution is 2.43. The monoisotopic (exact) mass is 589 g/mol. The van der Waals surface area contributed by atoms with Crippen molar-refractivity contribution >= 4 is 17.6 Å². The average Bonchev–Trinajstić information content (AvgIpc) is 3.28. The average molecular weight is 590 g/mol. The summed E-state index contributed by atoms with van der Waals surface area (Å²) in [6, 6.07) is 27.1. The van der Waals surface area contributed by atoms with Gasteiger partial charge in [0.05, 0.1) is 24.3 Å². The van der Waals surface area contributed by atoms with E-state index in [4.69, 9.17) is 15.0 Å². The van der Waals surface area contributed by atoms with Gasteiger partial charge >= 0.3 is 6.03 Å². The number of para-hydroxylation sites is 1. The first kappa shape index (κ1) is 29.9. The number of anilines is 1. The molecule has 1 saturated heterocycles. The molecule has 228 valence electrons. The zero-order chi connectivity index (χ0) is 30.5. The van der Waals surface area contributed by atoms with E-state index < -0.39 is 5.54 Å². The number of nitrogens with zero attached hydrogens (tertiary/aromatic N) is 4. The second-order valence-electron chi connectivity index (χ2n) is 12.7. The Labute approximate surface area is 261 Å². The van der Waals surface area contributed by atoms with E-state index in [1.165, 1.54) is 24.8 Å². The number of nitriles is 1. The number of hydrogen-bond acceptors (Lipinski definition) is 5. The van der Waals surface area contributed by atoms with Crippen LogP contribution in [-0.4, -0.2) is 47.5 Å². The van der Waals surface area contributed by atoms with Crippen LogP contribution in [0.2, 0.25) is 0 Å². The molecule has 0 aromatic heterocycles. The fourth-order valence-corrected chi connectivity index (χ4v) is 7.07.